The molecule has 3 heterocycles. The quantitative estimate of drug-likeness (QED) is 0.628. The lowest BCUT2D eigenvalue weighted by Gasteiger charge is -2.36. The number of carbonyl (C=O) groups is 1. The number of hydrogen-bond acceptors (Lipinski definition) is 2. The summed E-state index contributed by atoms with van der Waals surface area (Å²) in [6.45, 7) is 8.08. The second-order valence-electron chi connectivity index (χ2n) is 8.00. The summed E-state index contributed by atoms with van der Waals surface area (Å²) in [7, 11) is 0. The lowest BCUT2D eigenvalue weighted by molar-refractivity contribution is 0.183. The summed E-state index contributed by atoms with van der Waals surface area (Å²) in [5.74, 6) is 0. The second kappa shape index (κ2) is 6.89. The molecule has 27 heavy (non-hydrogen) atoms. The maximum absolute atomic E-state index is 13.1. The maximum atomic E-state index is 13.1. The summed E-state index contributed by atoms with van der Waals surface area (Å²) in [5.41, 5.74) is 3.36. The van der Waals surface area contributed by atoms with Gasteiger partial charge in [-0.15, -0.1) is 11.3 Å². The molecule has 3 aromatic rings. The van der Waals surface area contributed by atoms with Gasteiger partial charge in [0.2, 0.25) is 0 Å². The first-order valence-corrected chi connectivity index (χ1v) is 10.2. The standard InChI is InChI=1S/C22H25N3OS/c1-22(2,3)16-8-10-17(11-9-16)23-21(26)25-14-13-24-12-4-6-18(24)20(25)19-7-5-15-27-19/h4-12,15,20H,13-14H2,1-3H3,(H,23,26)/t20-/m1/s1. The lowest BCUT2D eigenvalue weighted by Crippen LogP contribution is -2.44. The molecular weight excluding hydrogens is 354 g/mol. The van der Waals surface area contributed by atoms with E-state index >= 15 is 0 Å². The Morgan fingerprint density at radius 3 is 2.52 bits per heavy atom. The highest BCUT2D eigenvalue weighted by Gasteiger charge is 2.32. The van der Waals surface area contributed by atoms with E-state index in [2.05, 4.69) is 72.6 Å². The zero-order valence-corrected chi connectivity index (χ0v) is 16.8. The molecule has 0 bridgehead atoms. The highest BCUT2D eigenvalue weighted by molar-refractivity contribution is 7.10. The Kier molecular flexibility index (Phi) is 4.56. The zero-order valence-electron chi connectivity index (χ0n) is 16.0. The average molecular weight is 380 g/mol. The number of hydrogen-bond donors (Lipinski definition) is 1. The predicted molar refractivity (Wildman–Crippen MR) is 111 cm³/mol. The van der Waals surface area contributed by atoms with E-state index in [9.17, 15) is 4.79 Å². The molecule has 140 valence electrons. The normalized spacial score (nSPS) is 16.9. The molecule has 1 aromatic carbocycles. The summed E-state index contributed by atoms with van der Waals surface area (Å²) in [5, 5.41) is 5.16. The molecule has 4 rings (SSSR count). The Balaban J connectivity index is 1.57. The summed E-state index contributed by atoms with van der Waals surface area (Å²) >= 11 is 1.69. The van der Waals surface area contributed by atoms with Crippen molar-refractivity contribution in [2.24, 2.45) is 0 Å². The van der Waals surface area contributed by atoms with Gasteiger partial charge in [-0.05, 0) is 46.7 Å². The fourth-order valence-corrected chi connectivity index (χ4v) is 4.45. The number of urea groups is 1. The lowest BCUT2D eigenvalue weighted by atomic mass is 9.87. The molecule has 0 saturated carbocycles. The third-order valence-electron chi connectivity index (χ3n) is 5.11. The number of anilines is 1. The van der Waals surface area contributed by atoms with Gasteiger partial charge in [0.15, 0.2) is 0 Å². The fraction of sp³-hybridized carbons (Fsp3) is 0.318. The van der Waals surface area contributed by atoms with Gasteiger partial charge in [0.25, 0.3) is 0 Å². The van der Waals surface area contributed by atoms with Crippen molar-refractivity contribution >= 4 is 23.1 Å². The molecule has 1 atom stereocenters. The molecule has 0 spiro atoms. The first kappa shape index (κ1) is 17.9. The van der Waals surface area contributed by atoms with E-state index in [1.807, 2.05) is 23.1 Å². The molecule has 0 radical (unpaired) electrons. The number of carbonyl (C=O) groups excluding carboxylic acids is 1. The van der Waals surface area contributed by atoms with Crippen LogP contribution in [0.3, 0.4) is 0 Å². The van der Waals surface area contributed by atoms with Gasteiger partial charge in [-0.25, -0.2) is 4.79 Å². The molecule has 2 amide bonds. The predicted octanol–water partition coefficient (Wildman–Crippen LogP) is 5.48. The summed E-state index contributed by atoms with van der Waals surface area (Å²) in [6.07, 6.45) is 2.09. The van der Waals surface area contributed by atoms with Crippen LogP contribution in [0.4, 0.5) is 10.5 Å². The maximum Gasteiger partial charge on any atom is 0.322 e. The first-order valence-electron chi connectivity index (χ1n) is 9.30. The fourth-order valence-electron chi connectivity index (χ4n) is 3.60. The molecule has 0 fully saturated rings. The third-order valence-corrected chi connectivity index (χ3v) is 6.04. The number of nitrogens with zero attached hydrogens (tertiary/aromatic N) is 2. The number of thiophene rings is 1. The van der Waals surface area contributed by atoms with E-state index in [1.165, 1.54) is 16.1 Å². The van der Waals surface area contributed by atoms with Crippen LogP contribution in [0.25, 0.3) is 0 Å². The van der Waals surface area contributed by atoms with Crippen molar-refractivity contribution in [1.82, 2.24) is 9.47 Å². The monoisotopic (exact) mass is 379 g/mol. The van der Waals surface area contributed by atoms with Gasteiger partial charge in [0, 0.05) is 35.5 Å². The Morgan fingerprint density at radius 1 is 1.07 bits per heavy atom. The highest BCUT2D eigenvalue weighted by Crippen LogP contribution is 2.35. The molecule has 5 heteroatoms. The average Bonchev–Trinajstić information content (AvgIpc) is 3.32. The SMILES string of the molecule is CC(C)(C)c1ccc(NC(=O)N2CCn3cccc3[C@@H]2c2cccs2)cc1. The van der Waals surface area contributed by atoms with E-state index in [0.29, 0.717) is 6.54 Å². The summed E-state index contributed by atoms with van der Waals surface area (Å²) < 4.78 is 2.24. The molecule has 2 aromatic heterocycles. The Labute approximate surface area is 164 Å². The number of amides is 2. The van der Waals surface area contributed by atoms with E-state index in [0.717, 1.165) is 12.2 Å². The van der Waals surface area contributed by atoms with Crippen molar-refractivity contribution in [3.05, 3.63) is 76.2 Å². The molecule has 0 unspecified atom stereocenters. The molecule has 1 aliphatic rings. The van der Waals surface area contributed by atoms with Crippen LogP contribution in [0.15, 0.2) is 60.1 Å². The Bertz CT molecular complexity index is 919. The number of fused-ring (bicyclic) bond motifs is 1. The largest absolute Gasteiger partial charge is 0.347 e. The van der Waals surface area contributed by atoms with Crippen molar-refractivity contribution < 1.29 is 4.79 Å². The summed E-state index contributed by atoms with van der Waals surface area (Å²) in [6, 6.07) is 16.4. The second-order valence-corrected chi connectivity index (χ2v) is 8.97. The van der Waals surface area contributed by atoms with Crippen molar-refractivity contribution in [3.8, 4) is 0 Å². The van der Waals surface area contributed by atoms with E-state index < -0.39 is 0 Å². The van der Waals surface area contributed by atoms with Gasteiger partial charge in [-0.2, -0.15) is 0 Å². The zero-order chi connectivity index (χ0) is 19.0. The van der Waals surface area contributed by atoms with E-state index in [4.69, 9.17) is 0 Å². The smallest absolute Gasteiger partial charge is 0.322 e. The number of rotatable bonds is 2. The minimum Gasteiger partial charge on any atom is -0.347 e. The van der Waals surface area contributed by atoms with Crippen LogP contribution in [0.2, 0.25) is 0 Å². The molecule has 0 aliphatic carbocycles. The molecule has 1 N–H and O–H groups in total. The Morgan fingerprint density at radius 2 is 1.85 bits per heavy atom. The van der Waals surface area contributed by atoms with Crippen LogP contribution in [0, 0.1) is 0 Å². The summed E-state index contributed by atoms with van der Waals surface area (Å²) in [4.78, 5) is 16.2. The van der Waals surface area contributed by atoms with Gasteiger partial charge in [-0.1, -0.05) is 39.0 Å². The number of aromatic nitrogens is 1. The highest BCUT2D eigenvalue weighted by atomic mass is 32.1. The van der Waals surface area contributed by atoms with Crippen molar-refractivity contribution in [2.45, 2.75) is 38.8 Å². The molecule has 1 aliphatic heterocycles. The Hall–Kier alpha value is -2.53. The molecular formula is C22H25N3OS. The topological polar surface area (TPSA) is 37.3 Å². The van der Waals surface area contributed by atoms with Gasteiger partial charge in [0.05, 0.1) is 0 Å². The van der Waals surface area contributed by atoms with E-state index in [-0.39, 0.29) is 17.5 Å². The van der Waals surface area contributed by atoms with Crippen molar-refractivity contribution in [3.63, 3.8) is 0 Å². The van der Waals surface area contributed by atoms with Crippen molar-refractivity contribution in [2.75, 3.05) is 11.9 Å². The minimum atomic E-state index is -0.0515. The number of nitrogens with one attached hydrogen (secondary N) is 1. The van der Waals surface area contributed by atoms with Gasteiger partial charge in [-0.3, -0.25) is 0 Å². The molecule has 4 nitrogen and oxygen atoms in total. The van der Waals surface area contributed by atoms with Crippen LogP contribution < -0.4 is 5.32 Å². The molecule has 0 saturated heterocycles. The van der Waals surface area contributed by atoms with Crippen LogP contribution in [0.5, 0.6) is 0 Å². The van der Waals surface area contributed by atoms with Gasteiger partial charge in [0.1, 0.15) is 6.04 Å². The van der Waals surface area contributed by atoms with Crippen LogP contribution >= 0.6 is 11.3 Å². The third kappa shape index (κ3) is 3.52. The van der Waals surface area contributed by atoms with Crippen LogP contribution in [-0.2, 0) is 12.0 Å². The van der Waals surface area contributed by atoms with Crippen molar-refractivity contribution in [1.29, 1.82) is 0 Å². The first-order chi connectivity index (χ1) is 12.9. The van der Waals surface area contributed by atoms with E-state index in [1.54, 1.807) is 11.3 Å². The van der Waals surface area contributed by atoms with Crippen LogP contribution in [0.1, 0.15) is 42.9 Å². The van der Waals surface area contributed by atoms with Crippen LogP contribution in [-0.4, -0.2) is 22.0 Å². The van der Waals surface area contributed by atoms with Gasteiger partial charge < -0.3 is 14.8 Å². The number of benzene rings is 1. The van der Waals surface area contributed by atoms with Gasteiger partial charge >= 0.3 is 6.03 Å². The minimum absolute atomic E-state index is 0.0393.